The van der Waals surface area contributed by atoms with Gasteiger partial charge in [0.2, 0.25) is 10.0 Å². The molecule has 0 atom stereocenters. The van der Waals surface area contributed by atoms with Gasteiger partial charge in [0.15, 0.2) is 5.82 Å². The zero-order valence-electron chi connectivity index (χ0n) is 17.1. The number of carbonyl (C=O) groups is 1. The quantitative estimate of drug-likeness (QED) is 0.639. The van der Waals surface area contributed by atoms with Crippen LogP contribution in [0.1, 0.15) is 38.7 Å². The van der Waals surface area contributed by atoms with Gasteiger partial charge in [-0.15, -0.1) is 5.10 Å². The van der Waals surface area contributed by atoms with Crippen molar-refractivity contribution < 1.29 is 18.3 Å². The summed E-state index contributed by atoms with van der Waals surface area (Å²) in [4.78, 5) is 11.6. The number of carboxylic acid groups (broad SMARTS) is 1. The molecule has 2 heterocycles. The Morgan fingerprint density at radius 3 is 2.39 bits per heavy atom. The van der Waals surface area contributed by atoms with Gasteiger partial charge in [-0.25, -0.2) is 13.2 Å². The number of nitrogens with one attached hydrogen (secondary N) is 2. The molecule has 0 saturated carbocycles. The molecule has 0 radical (unpaired) electrons. The molecule has 1 aliphatic heterocycles. The zero-order valence-corrected chi connectivity index (χ0v) is 17.9. The Hall–Kier alpha value is -3.83. The number of fused-ring (bicyclic) bond motifs is 1. The number of sulfonamides is 1. The number of hydrogen-bond donors (Lipinski definition) is 3. The third kappa shape index (κ3) is 3.96. The predicted molar refractivity (Wildman–Crippen MR) is 113 cm³/mol. The Labute approximate surface area is 179 Å². The molecule has 2 aromatic rings. The molecule has 1 aromatic carbocycles. The fourth-order valence-corrected chi connectivity index (χ4v) is 4.71. The van der Waals surface area contributed by atoms with Gasteiger partial charge in [-0.2, -0.15) is 15.2 Å². The minimum Gasteiger partial charge on any atom is -0.463 e. The van der Waals surface area contributed by atoms with Gasteiger partial charge in [0.25, 0.3) is 0 Å². The van der Waals surface area contributed by atoms with Crippen LogP contribution in [0.5, 0.6) is 0 Å². The number of aromatic nitrogens is 2. The molecule has 1 aromatic heterocycles. The van der Waals surface area contributed by atoms with Crippen molar-refractivity contribution in [3.05, 3.63) is 46.3 Å². The van der Waals surface area contributed by atoms with Crippen molar-refractivity contribution in [2.45, 2.75) is 33.1 Å². The highest BCUT2D eigenvalue weighted by Gasteiger charge is 2.30. The molecule has 0 aliphatic carbocycles. The van der Waals surface area contributed by atoms with Crippen LogP contribution in [0.25, 0.3) is 10.9 Å². The number of allylic oxidation sites excluding steroid dienone is 4. The Bertz CT molecular complexity index is 1300. The summed E-state index contributed by atoms with van der Waals surface area (Å²) in [6, 6.07) is 8.93. The molecule has 11 heteroatoms. The van der Waals surface area contributed by atoms with E-state index in [2.05, 4.69) is 27.3 Å². The Kier molecular flexibility index (Phi) is 5.73. The highest BCUT2D eigenvalue weighted by atomic mass is 32.2. The van der Waals surface area contributed by atoms with Crippen LogP contribution in [-0.4, -0.2) is 35.2 Å². The molecule has 0 amide bonds. The standard InChI is InChI=1S/C20H20N6O4S/c1-4-7-31(29,30)25-19-14-8-13(5-6-17(14)26(24-19)20(27)28)18-15(9-21)11(2)23-12(3)16(18)10-22/h5-6,8,18,23H,4,7H2,1-3H3,(H,24,25)(H,27,28). The summed E-state index contributed by atoms with van der Waals surface area (Å²) < 4.78 is 27.6. The van der Waals surface area contributed by atoms with Crippen LogP contribution in [0.15, 0.2) is 40.7 Å². The molecule has 0 bridgehead atoms. The van der Waals surface area contributed by atoms with Gasteiger partial charge in [0.1, 0.15) is 0 Å². The maximum atomic E-state index is 12.3. The SMILES string of the molecule is CCCS(=O)(=O)Nc1nn(C(=O)O)c2ccc(C3C(C#N)=C(C)NC(C)=C3C#N)cc12. The Balaban J connectivity index is 2.25. The summed E-state index contributed by atoms with van der Waals surface area (Å²) in [5, 5.41) is 36.0. The van der Waals surface area contributed by atoms with Crippen LogP contribution in [0.2, 0.25) is 0 Å². The second-order valence-electron chi connectivity index (χ2n) is 7.10. The minimum atomic E-state index is -3.73. The number of nitrogens with zero attached hydrogens (tertiary/aromatic N) is 4. The van der Waals surface area contributed by atoms with Gasteiger partial charge in [-0.1, -0.05) is 13.0 Å². The molecular weight excluding hydrogens is 420 g/mol. The molecule has 0 unspecified atom stereocenters. The Morgan fingerprint density at radius 1 is 1.26 bits per heavy atom. The number of hydrogen-bond acceptors (Lipinski definition) is 7. The Morgan fingerprint density at radius 2 is 1.87 bits per heavy atom. The fourth-order valence-electron chi connectivity index (χ4n) is 3.63. The maximum absolute atomic E-state index is 12.3. The van der Waals surface area contributed by atoms with E-state index in [0.29, 0.717) is 39.2 Å². The lowest BCUT2D eigenvalue weighted by Gasteiger charge is -2.26. The second kappa shape index (κ2) is 8.13. The summed E-state index contributed by atoms with van der Waals surface area (Å²) in [6.07, 6.45) is -0.999. The van der Waals surface area contributed by atoms with Gasteiger partial charge in [0.05, 0.1) is 40.5 Å². The first kappa shape index (κ1) is 21.9. The fraction of sp³-hybridized carbons (Fsp3) is 0.300. The monoisotopic (exact) mass is 440 g/mol. The van der Waals surface area contributed by atoms with Crippen molar-refractivity contribution in [1.82, 2.24) is 15.1 Å². The van der Waals surface area contributed by atoms with Crippen LogP contribution in [0.4, 0.5) is 10.6 Å². The molecule has 3 rings (SSSR count). The van der Waals surface area contributed by atoms with E-state index in [4.69, 9.17) is 0 Å². The largest absolute Gasteiger partial charge is 0.463 e. The third-order valence-electron chi connectivity index (χ3n) is 4.94. The van der Waals surface area contributed by atoms with E-state index < -0.39 is 22.0 Å². The van der Waals surface area contributed by atoms with Gasteiger partial charge in [-0.3, -0.25) is 4.72 Å². The average Bonchev–Trinajstić information content (AvgIpc) is 3.04. The summed E-state index contributed by atoms with van der Waals surface area (Å²) in [5.74, 6) is -0.947. The predicted octanol–water partition coefficient (Wildman–Crippen LogP) is 3.00. The van der Waals surface area contributed by atoms with Crippen molar-refractivity contribution in [2.24, 2.45) is 0 Å². The van der Waals surface area contributed by atoms with Crippen LogP contribution >= 0.6 is 0 Å². The van der Waals surface area contributed by atoms with Crippen molar-refractivity contribution in [1.29, 1.82) is 10.5 Å². The lowest BCUT2D eigenvalue weighted by Crippen LogP contribution is -2.23. The van der Waals surface area contributed by atoms with Crippen molar-refractivity contribution in [3.63, 3.8) is 0 Å². The van der Waals surface area contributed by atoms with Crippen LogP contribution in [-0.2, 0) is 10.0 Å². The highest BCUT2D eigenvalue weighted by Crippen LogP contribution is 2.39. The lowest BCUT2D eigenvalue weighted by molar-refractivity contribution is 0.194. The molecule has 0 saturated heterocycles. The van der Waals surface area contributed by atoms with Gasteiger partial charge in [-0.05, 0) is 38.0 Å². The second-order valence-corrected chi connectivity index (χ2v) is 8.94. The first-order valence-electron chi connectivity index (χ1n) is 9.38. The first-order chi connectivity index (χ1) is 14.6. The minimum absolute atomic E-state index is 0.125. The average molecular weight is 440 g/mol. The summed E-state index contributed by atoms with van der Waals surface area (Å²) >= 11 is 0. The smallest absolute Gasteiger partial charge is 0.432 e. The number of dihydropyridines is 1. The zero-order chi connectivity index (χ0) is 22.9. The van der Waals surface area contributed by atoms with E-state index >= 15 is 0 Å². The van der Waals surface area contributed by atoms with Crippen LogP contribution in [0.3, 0.4) is 0 Å². The molecule has 3 N–H and O–H groups in total. The first-order valence-corrected chi connectivity index (χ1v) is 11.0. The topological polar surface area (TPSA) is 161 Å². The van der Waals surface area contributed by atoms with Gasteiger partial charge in [0, 0.05) is 16.8 Å². The number of rotatable bonds is 5. The van der Waals surface area contributed by atoms with E-state index in [9.17, 15) is 28.8 Å². The third-order valence-corrected chi connectivity index (χ3v) is 6.39. The number of benzene rings is 1. The maximum Gasteiger partial charge on any atom is 0.432 e. The number of anilines is 1. The van der Waals surface area contributed by atoms with Gasteiger partial charge >= 0.3 is 6.09 Å². The van der Waals surface area contributed by atoms with Crippen LogP contribution in [0, 0.1) is 22.7 Å². The van der Waals surface area contributed by atoms with E-state index in [0.717, 1.165) is 0 Å². The molecule has 160 valence electrons. The molecular formula is C20H20N6O4S. The molecule has 31 heavy (non-hydrogen) atoms. The summed E-state index contributed by atoms with van der Waals surface area (Å²) in [5.41, 5.74) is 2.63. The molecule has 10 nitrogen and oxygen atoms in total. The van der Waals surface area contributed by atoms with E-state index in [1.807, 2.05) is 0 Å². The summed E-state index contributed by atoms with van der Waals surface area (Å²) in [6.45, 7) is 5.17. The van der Waals surface area contributed by atoms with Crippen molar-refractivity contribution in [2.75, 3.05) is 10.5 Å². The molecule has 1 aliphatic rings. The number of nitriles is 2. The van der Waals surface area contributed by atoms with Crippen molar-refractivity contribution in [3.8, 4) is 12.1 Å². The van der Waals surface area contributed by atoms with Crippen molar-refractivity contribution >= 4 is 32.8 Å². The normalized spacial score (nSPS) is 14.9. The van der Waals surface area contributed by atoms with E-state index in [1.165, 1.54) is 6.07 Å². The van der Waals surface area contributed by atoms with Gasteiger partial charge < -0.3 is 10.4 Å². The summed E-state index contributed by atoms with van der Waals surface area (Å²) in [7, 11) is -3.73. The molecule has 0 spiro atoms. The van der Waals surface area contributed by atoms with E-state index in [1.54, 1.807) is 32.9 Å². The van der Waals surface area contributed by atoms with E-state index in [-0.39, 0.29) is 22.5 Å². The molecule has 0 fully saturated rings. The lowest BCUT2D eigenvalue weighted by atomic mass is 9.81. The highest BCUT2D eigenvalue weighted by molar-refractivity contribution is 7.92. The van der Waals surface area contributed by atoms with Crippen LogP contribution < -0.4 is 10.0 Å².